The molecule has 2 amide bonds. The maximum Gasteiger partial charge on any atom is 0.243 e. The van der Waals surface area contributed by atoms with Crippen molar-refractivity contribution < 1.29 is 27.8 Å². The van der Waals surface area contributed by atoms with Gasteiger partial charge in [0.15, 0.2) is 17.5 Å². The van der Waals surface area contributed by atoms with Crippen molar-refractivity contribution in [3.63, 3.8) is 0 Å². The number of halogens is 2. The lowest BCUT2D eigenvalue weighted by atomic mass is 9.84. The third kappa shape index (κ3) is 7.41. The number of nitrogens with zero attached hydrogens (tertiary/aromatic N) is 1. The van der Waals surface area contributed by atoms with E-state index in [-0.39, 0.29) is 30.2 Å². The Balaban J connectivity index is 1.82. The maximum atomic E-state index is 14.5. The molecule has 2 aromatic rings. The number of hydrogen-bond acceptors (Lipinski definition) is 5. The Morgan fingerprint density at radius 3 is 2.43 bits per heavy atom. The van der Waals surface area contributed by atoms with Gasteiger partial charge in [-0.25, -0.2) is 8.78 Å². The second-order valence-electron chi connectivity index (χ2n) is 9.23. The molecule has 10 heteroatoms. The molecule has 0 aliphatic heterocycles. The molecule has 4 N–H and O–H groups in total. The van der Waals surface area contributed by atoms with Crippen molar-refractivity contribution in [3.8, 4) is 11.5 Å². The van der Waals surface area contributed by atoms with Gasteiger partial charge in [-0.3, -0.25) is 19.9 Å². The summed E-state index contributed by atoms with van der Waals surface area (Å²) in [7, 11) is 2.76. The molecule has 0 spiro atoms. The molecule has 0 saturated heterocycles. The largest absolute Gasteiger partial charge is 0.497 e. The summed E-state index contributed by atoms with van der Waals surface area (Å²) in [5.41, 5.74) is 6.52. The zero-order valence-electron chi connectivity index (χ0n) is 21.2. The molecule has 0 bridgehead atoms. The number of rotatable bonds is 10. The van der Waals surface area contributed by atoms with Crippen LogP contribution in [0.25, 0.3) is 0 Å². The highest BCUT2D eigenvalue weighted by molar-refractivity contribution is 6.00. The van der Waals surface area contributed by atoms with Crippen LogP contribution in [0.1, 0.15) is 49.7 Å². The third-order valence-corrected chi connectivity index (χ3v) is 6.71. The van der Waals surface area contributed by atoms with Crippen LogP contribution in [-0.2, 0) is 22.6 Å². The highest BCUT2D eigenvalue weighted by atomic mass is 19.1. The normalized spacial score (nSPS) is 14.5. The fraction of sp³-hybridized carbons (Fsp3) is 0.444. The highest BCUT2D eigenvalue weighted by Gasteiger charge is 2.34. The second kappa shape index (κ2) is 13.0. The lowest BCUT2D eigenvalue weighted by Gasteiger charge is -2.33. The molecule has 1 aliphatic rings. The first kappa shape index (κ1) is 27.9. The van der Waals surface area contributed by atoms with Crippen LogP contribution in [0, 0.1) is 23.0 Å². The Kier molecular flexibility index (Phi) is 9.82. The molecular formula is C27H34F2N4O4. The number of carbonyl (C=O) groups is 2. The van der Waals surface area contributed by atoms with Crippen molar-refractivity contribution in [2.45, 2.75) is 57.5 Å². The van der Waals surface area contributed by atoms with E-state index >= 15 is 0 Å². The van der Waals surface area contributed by atoms with E-state index in [9.17, 15) is 18.4 Å². The van der Waals surface area contributed by atoms with Crippen LogP contribution < -0.4 is 20.5 Å². The molecule has 2 aromatic carbocycles. The molecule has 1 aliphatic carbocycles. The number of amides is 2. The van der Waals surface area contributed by atoms with E-state index in [1.165, 1.54) is 50.6 Å². The average molecular weight is 517 g/mol. The van der Waals surface area contributed by atoms with Gasteiger partial charge in [-0.15, -0.1) is 0 Å². The standard InChI is InChI=1S/C27H34F2N4O4/c1-36-20-10-9-19(22(29)15-20)14-25(34)33(27(30)31)23(12-17-6-4-3-5-7-17)26(35)32-16-18-8-11-21(28)24(13-18)37-2/h8-11,13,15,17,23H,3-7,12,14,16H2,1-2H3,(H3,30,31)(H,32,35)/t23-/m1/s1. The Hall–Kier alpha value is -3.69. The first-order valence-corrected chi connectivity index (χ1v) is 12.3. The number of methoxy groups -OCH3 is 2. The highest BCUT2D eigenvalue weighted by Crippen LogP contribution is 2.29. The van der Waals surface area contributed by atoms with E-state index in [0.29, 0.717) is 17.7 Å². The van der Waals surface area contributed by atoms with Crippen molar-refractivity contribution in [2.75, 3.05) is 14.2 Å². The summed E-state index contributed by atoms with van der Waals surface area (Å²) in [6, 6.07) is 7.34. The van der Waals surface area contributed by atoms with Crippen LogP contribution in [0.4, 0.5) is 8.78 Å². The van der Waals surface area contributed by atoms with Crippen molar-refractivity contribution in [2.24, 2.45) is 11.7 Å². The van der Waals surface area contributed by atoms with Crippen LogP contribution in [0.5, 0.6) is 11.5 Å². The third-order valence-electron chi connectivity index (χ3n) is 6.71. The van der Waals surface area contributed by atoms with E-state index in [1.807, 2.05) is 0 Å². The Labute approximate surface area is 215 Å². The number of benzene rings is 2. The molecule has 8 nitrogen and oxygen atoms in total. The van der Waals surface area contributed by atoms with Crippen molar-refractivity contribution in [3.05, 3.63) is 59.2 Å². The minimum Gasteiger partial charge on any atom is -0.497 e. The van der Waals surface area contributed by atoms with Crippen LogP contribution in [0.2, 0.25) is 0 Å². The number of nitrogens with two attached hydrogens (primary N) is 1. The van der Waals surface area contributed by atoms with Crippen molar-refractivity contribution in [1.29, 1.82) is 5.41 Å². The molecule has 1 atom stereocenters. The van der Waals surface area contributed by atoms with Gasteiger partial charge in [-0.05, 0) is 41.7 Å². The Bertz CT molecular complexity index is 1120. The van der Waals surface area contributed by atoms with E-state index < -0.39 is 35.5 Å². The van der Waals surface area contributed by atoms with Crippen molar-refractivity contribution >= 4 is 17.8 Å². The van der Waals surface area contributed by atoms with E-state index in [0.717, 1.165) is 37.0 Å². The molecule has 0 radical (unpaired) electrons. The summed E-state index contributed by atoms with van der Waals surface area (Å²) < 4.78 is 38.3. The van der Waals surface area contributed by atoms with Gasteiger partial charge in [-0.2, -0.15) is 0 Å². The molecule has 0 unspecified atom stereocenters. The van der Waals surface area contributed by atoms with Crippen LogP contribution in [0.3, 0.4) is 0 Å². The van der Waals surface area contributed by atoms with Gasteiger partial charge in [0.2, 0.25) is 11.8 Å². The first-order chi connectivity index (χ1) is 17.7. The van der Waals surface area contributed by atoms with Crippen LogP contribution in [-0.4, -0.2) is 42.9 Å². The quantitative estimate of drug-likeness (QED) is 0.327. The predicted molar refractivity (Wildman–Crippen MR) is 135 cm³/mol. The summed E-state index contributed by atoms with van der Waals surface area (Å²) in [6.07, 6.45) is 4.94. The number of nitrogens with one attached hydrogen (secondary N) is 2. The molecular weight excluding hydrogens is 482 g/mol. The van der Waals surface area contributed by atoms with Crippen LogP contribution in [0.15, 0.2) is 36.4 Å². The Morgan fingerprint density at radius 2 is 1.81 bits per heavy atom. The molecule has 3 rings (SSSR count). The minimum atomic E-state index is -1.04. The fourth-order valence-corrected chi connectivity index (χ4v) is 4.71. The van der Waals surface area contributed by atoms with Crippen molar-refractivity contribution in [1.82, 2.24) is 10.2 Å². The lowest BCUT2D eigenvalue weighted by molar-refractivity contribution is -0.136. The minimum absolute atomic E-state index is 0.0487. The lowest BCUT2D eigenvalue weighted by Crippen LogP contribution is -2.55. The molecule has 1 fully saturated rings. The summed E-state index contributed by atoms with van der Waals surface area (Å²) in [5.74, 6) is -2.34. The second-order valence-corrected chi connectivity index (χ2v) is 9.23. The molecule has 0 aromatic heterocycles. The predicted octanol–water partition coefficient (Wildman–Crippen LogP) is 3.90. The van der Waals surface area contributed by atoms with Gasteiger partial charge in [0.05, 0.1) is 20.6 Å². The number of carbonyl (C=O) groups excluding carboxylic acids is 2. The summed E-state index contributed by atoms with van der Waals surface area (Å²) in [4.78, 5) is 27.7. The summed E-state index contributed by atoms with van der Waals surface area (Å²) in [6.45, 7) is 0.0592. The molecule has 37 heavy (non-hydrogen) atoms. The van der Waals surface area contributed by atoms with Gasteiger partial charge in [0, 0.05) is 12.6 Å². The van der Waals surface area contributed by atoms with E-state index in [4.69, 9.17) is 20.6 Å². The van der Waals surface area contributed by atoms with E-state index in [2.05, 4.69) is 5.32 Å². The zero-order chi connectivity index (χ0) is 26.9. The topological polar surface area (TPSA) is 118 Å². The van der Waals surface area contributed by atoms with Gasteiger partial charge in [-0.1, -0.05) is 44.2 Å². The fourth-order valence-electron chi connectivity index (χ4n) is 4.71. The van der Waals surface area contributed by atoms with Gasteiger partial charge in [0.25, 0.3) is 0 Å². The first-order valence-electron chi connectivity index (χ1n) is 12.3. The van der Waals surface area contributed by atoms with Crippen LogP contribution >= 0.6 is 0 Å². The monoisotopic (exact) mass is 516 g/mol. The SMILES string of the molecule is COc1ccc(CC(=O)N(C(=N)N)[C@H](CC2CCCCC2)C(=O)NCc2ccc(F)c(OC)c2)c(F)c1. The van der Waals surface area contributed by atoms with E-state index in [1.54, 1.807) is 0 Å². The molecule has 200 valence electrons. The zero-order valence-corrected chi connectivity index (χ0v) is 21.2. The number of guanidine groups is 1. The number of hydrogen-bond donors (Lipinski definition) is 3. The Morgan fingerprint density at radius 1 is 1.08 bits per heavy atom. The molecule has 0 heterocycles. The number of ether oxygens (including phenoxy) is 2. The average Bonchev–Trinajstić information content (AvgIpc) is 2.89. The van der Waals surface area contributed by atoms with Gasteiger partial charge in [0.1, 0.15) is 17.6 Å². The van der Waals surface area contributed by atoms with Gasteiger partial charge >= 0.3 is 0 Å². The maximum absolute atomic E-state index is 14.5. The van der Waals surface area contributed by atoms with Gasteiger partial charge < -0.3 is 20.5 Å². The summed E-state index contributed by atoms with van der Waals surface area (Å²) in [5, 5.41) is 10.9. The summed E-state index contributed by atoms with van der Waals surface area (Å²) >= 11 is 0. The smallest absolute Gasteiger partial charge is 0.243 e. The molecule has 1 saturated carbocycles.